The summed E-state index contributed by atoms with van der Waals surface area (Å²) in [6.07, 6.45) is 0.887. The van der Waals surface area contributed by atoms with Gasteiger partial charge in [0.05, 0.1) is 12.4 Å². The Labute approximate surface area is 127 Å². The number of hydrogen-bond donors (Lipinski definition) is 0. The monoisotopic (exact) mass is 304 g/mol. The zero-order chi connectivity index (χ0) is 13.9. The first-order valence-corrected chi connectivity index (χ1v) is 7.76. The minimum atomic E-state index is 0.129. The number of Topliss-reactive ketones (excluding diaryl/α,β-unsaturated/α-hetero) is 1. The summed E-state index contributed by atoms with van der Waals surface area (Å²) in [5.41, 5.74) is 1.88. The molecule has 2 aromatic carbocycles. The Morgan fingerprint density at radius 1 is 1.25 bits per heavy atom. The third kappa shape index (κ3) is 3.00. The lowest BCUT2D eigenvalue weighted by molar-refractivity contribution is 0.102. The van der Waals surface area contributed by atoms with Crippen molar-refractivity contribution >= 4 is 29.1 Å². The lowest BCUT2D eigenvalue weighted by atomic mass is 10.1. The van der Waals surface area contributed by atoms with E-state index >= 15 is 0 Å². The van der Waals surface area contributed by atoms with Gasteiger partial charge in [-0.25, -0.2) is 0 Å². The van der Waals surface area contributed by atoms with Gasteiger partial charge < -0.3 is 4.74 Å². The molecule has 2 nitrogen and oxygen atoms in total. The van der Waals surface area contributed by atoms with Crippen LogP contribution in [0.5, 0.6) is 5.75 Å². The van der Waals surface area contributed by atoms with Gasteiger partial charge in [0.2, 0.25) is 0 Å². The van der Waals surface area contributed by atoms with Crippen molar-refractivity contribution in [3.8, 4) is 5.75 Å². The molecule has 0 saturated heterocycles. The molecule has 0 unspecified atom stereocenters. The van der Waals surface area contributed by atoms with E-state index in [4.69, 9.17) is 16.3 Å². The molecule has 1 aliphatic heterocycles. The van der Waals surface area contributed by atoms with Crippen molar-refractivity contribution in [2.24, 2.45) is 0 Å². The highest BCUT2D eigenvalue weighted by Gasteiger charge is 2.15. The zero-order valence-electron chi connectivity index (χ0n) is 10.8. The topological polar surface area (TPSA) is 26.3 Å². The summed E-state index contributed by atoms with van der Waals surface area (Å²) in [5, 5.41) is 0.692. The first kappa shape index (κ1) is 13.5. The fraction of sp³-hybridized carbons (Fsp3) is 0.188. The second kappa shape index (κ2) is 5.90. The normalized spacial score (nSPS) is 12.8. The summed E-state index contributed by atoms with van der Waals surface area (Å²) in [4.78, 5) is 13.2. The Morgan fingerprint density at radius 2 is 2.15 bits per heavy atom. The van der Waals surface area contributed by atoms with Crippen LogP contribution in [-0.4, -0.2) is 18.1 Å². The van der Waals surface area contributed by atoms with Crippen LogP contribution in [0.3, 0.4) is 0 Å². The summed E-state index contributed by atoms with van der Waals surface area (Å²) < 4.78 is 5.44. The van der Waals surface area contributed by atoms with Gasteiger partial charge in [-0.05, 0) is 42.0 Å². The van der Waals surface area contributed by atoms with E-state index in [9.17, 15) is 4.79 Å². The van der Waals surface area contributed by atoms with Crippen molar-refractivity contribution < 1.29 is 9.53 Å². The molecular weight excluding hydrogens is 292 g/mol. The van der Waals surface area contributed by atoms with Crippen molar-refractivity contribution in [3.05, 3.63) is 58.6 Å². The number of carbonyl (C=O) groups excluding carboxylic acids is 1. The molecule has 0 saturated carbocycles. The molecule has 4 heteroatoms. The highest BCUT2D eigenvalue weighted by atomic mass is 35.5. The van der Waals surface area contributed by atoms with Gasteiger partial charge in [0.15, 0.2) is 5.78 Å². The second-order valence-electron chi connectivity index (χ2n) is 4.59. The van der Waals surface area contributed by atoms with Crippen molar-refractivity contribution in [3.63, 3.8) is 0 Å². The number of hydrogen-bond acceptors (Lipinski definition) is 3. The van der Waals surface area contributed by atoms with Gasteiger partial charge in [-0.15, -0.1) is 11.8 Å². The summed E-state index contributed by atoms with van der Waals surface area (Å²) in [5.74, 6) is 1.45. The minimum Gasteiger partial charge on any atom is -0.493 e. The molecule has 3 rings (SSSR count). The number of ketones is 1. The zero-order valence-corrected chi connectivity index (χ0v) is 12.3. The van der Waals surface area contributed by atoms with Crippen LogP contribution in [0.4, 0.5) is 0 Å². The Bertz CT molecular complexity index is 655. The Balaban J connectivity index is 1.67. The quantitative estimate of drug-likeness (QED) is 0.624. The Morgan fingerprint density at radius 3 is 3.00 bits per heavy atom. The standard InChI is InChI=1S/C16H13ClO2S/c17-13-2-1-3-14(9-13)20-10-15(18)11-4-5-16-12(8-11)6-7-19-16/h1-5,8-9H,6-7,10H2. The van der Waals surface area contributed by atoms with Crippen LogP contribution in [0.15, 0.2) is 47.4 Å². The average molecular weight is 305 g/mol. The van der Waals surface area contributed by atoms with Gasteiger partial charge in [-0.3, -0.25) is 4.79 Å². The molecule has 20 heavy (non-hydrogen) atoms. The molecule has 2 aromatic rings. The van der Waals surface area contributed by atoms with Gasteiger partial charge >= 0.3 is 0 Å². The predicted molar refractivity (Wildman–Crippen MR) is 82.1 cm³/mol. The van der Waals surface area contributed by atoms with E-state index in [2.05, 4.69) is 0 Å². The first-order valence-electron chi connectivity index (χ1n) is 6.40. The van der Waals surface area contributed by atoms with E-state index in [0.717, 1.165) is 28.2 Å². The van der Waals surface area contributed by atoms with E-state index in [0.29, 0.717) is 17.4 Å². The molecule has 0 fully saturated rings. The SMILES string of the molecule is O=C(CSc1cccc(Cl)c1)c1ccc2c(c1)CCO2. The lowest BCUT2D eigenvalue weighted by Gasteiger charge is -2.04. The minimum absolute atomic E-state index is 0.129. The Hall–Kier alpha value is -1.45. The molecule has 1 heterocycles. The fourth-order valence-electron chi connectivity index (χ4n) is 2.15. The highest BCUT2D eigenvalue weighted by molar-refractivity contribution is 8.00. The van der Waals surface area contributed by atoms with E-state index in [1.54, 1.807) is 0 Å². The van der Waals surface area contributed by atoms with Gasteiger partial charge in [-0.1, -0.05) is 17.7 Å². The van der Waals surface area contributed by atoms with Crippen molar-refractivity contribution in [1.29, 1.82) is 0 Å². The van der Waals surface area contributed by atoms with Crippen molar-refractivity contribution in [1.82, 2.24) is 0 Å². The average Bonchev–Trinajstić information content (AvgIpc) is 2.92. The third-order valence-corrected chi connectivity index (χ3v) is 4.41. The van der Waals surface area contributed by atoms with E-state index in [1.165, 1.54) is 11.8 Å². The predicted octanol–water partition coefficient (Wildman–Crippen LogP) is 4.25. The molecule has 0 atom stereocenters. The number of thioether (sulfide) groups is 1. The fourth-order valence-corrected chi connectivity index (χ4v) is 3.25. The van der Waals surface area contributed by atoms with Crippen LogP contribution in [0.2, 0.25) is 5.02 Å². The molecule has 102 valence electrons. The van der Waals surface area contributed by atoms with Gasteiger partial charge in [0.1, 0.15) is 5.75 Å². The van der Waals surface area contributed by atoms with Crippen LogP contribution >= 0.6 is 23.4 Å². The molecular formula is C16H13ClO2S. The first-order chi connectivity index (χ1) is 9.72. The number of benzene rings is 2. The van der Waals surface area contributed by atoms with Gasteiger partial charge in [-0.2, -0.15) is 0 Å². The number of rotatable bonds is 4. The number of carbonyl (C=O) groups is 1. The largest absolute Gasteiger partial charge is 0.493 e. The van der Waals surface area contributed by atoms with Crippen molar-refractivity contribution in [2.45, 2.75) is 11.3 Å². The van der Waals surface area contributed by atoms with Gasteiger partial charge in [0.25, 0.3) is 0 Å². The molecule has 0 aliphatic carbocycles. The lowest BCUT2D eigenvalue weighted by Crippen LogP contribution is -2.02. The third-order valence-electron chi connectivity index (χ3n) is 3.18. The molecule has 0 spiro atoms. The summed E-state index contributed by atoms with van der Waals surface area (Å²) >= 11 is 7.43. The van der Waals surface area contributed by atoms with Crippen LogP contribution in [0.25, 0.3) is 0 Å². The van der Waals surface area contributed by atoms with Crippen LogP contribution in [0, 0.1) is 0 Å². The van der Waals surface area contributed by atoms with Gasteiger partial charge in [0, 0.05) is 21.9 Å². The van der Waals surface area contributed by atoms with Crippen LogP contribution in [0.1, 0.15) is 15.9 Å². The second-order valence-corrected chi connectivity index (χ2v) is 6.08. The highest BCUT2D eigenvalue weighted by Crippen LogP contribution is 2.27. The molecule has 0 radical (unpaired) electrons. The summed E-state index contributed by atoms with van der Waals surface area (Å²) in [6, 6.07) is 13.2. The maximum absolute atomic E-state index is 12.2. The maximum Gasteiger partial charge on any atom is 0.173 e. The van der Waals surface area contributed by atoms with E-state index in [-0.39, 0.29) is 5.78 Å². The van der Waals surface area contributed by atoms with Crippen LogP contribution in [-0.2, 0) is 6.42 Å². The number of halogens is 1. The van der Waals surface area contributed by atoms with E-state index in [1.807, 2.05) is 42.5 Å². The molecule has 1 aliphatic rings. The summed E-state index contributed by atoms with van der Waals surface area (Å²) in [6.45, 7) is 0.713. The Kier molecular flexibility index (Phi) is 3.99. The number of ether oxygens (including phenoxy) is 1. The van der Waals surface area contributed by atoms with E-state index < -0.39 is 0 Å². The molecule has 0 bridgehead atoms. The molecule has 0 aromatic heterocycles. The van der Waals surface area contributed by atoms with Crippen LogP contribution < -0.4 is 4.74 Å². The number of fused-ring (bicyclic) bond motifs is 1. The van der Waals surface area contributed by atoms with Crippen molar-refractivity contribution in [2.75, 3.05) is 12.4 Å². The summed E-state index contributed by atoms with van der Waals surface area (Å²) in [7, 11) is 0. The molecule has 0 N–H and O–H groups in total. The smallest absolute Gasteiger partial charge is 0.173 e. The molecule has 0 amide bonds. The maximum atomic E-state index is 12.2.